The minimum Gasteiger partial charge on any atom is -0.508 e. The van der Waals surface area contributed by atoms with Crippen LogP contribution >= 0.6 is 11.8 Å². The van der Waals surface area contributed by atoms with Gasteiger partial charge in [0.1, 0.15) is 17.5 Å². The van der Waals surface area contributed by atoms with E-state index in [4.69, 9.17) is 10.5 Å². The molecule has 0 saturated heterocycles. The Morgan fingerprint density at radius 3 is 2.30 bits per heavy atom. The van der Waals surface area contributed by atoms with Gasteiger partial charge in [-0.1, -0.05) is 24.3 Å². The molecule has 0 aliphatic carbocycles. The molecule has 0 unspecified atom stereocenters. The SMILES string of the molecule is COc1ccc(CS[C@H](c2ccc(O)cc2)[C@H](N)C(=O)O)cc1. The van der Waals surface area contributed by atoms with Gasteiger partial charge in [-0.2, -0.15) is 0 Å². The third kappa shape index (κ3) is 4.64. The Hall–Kier alpha value is -2.18. The number of carbonyl (C=O) groups is 1. The number of thioether (sulfide) groups is 1. The second-order valence-electron chi connectivity index (χ2n) is 5.04. The summed E-state index contributed by atoms with van der Waals surface area (Å²) >= 11 is 1.46. The summed E-state index contributed by atoms with van der Waals surface area (Å²) in [5, 5.41) is 18.2. The molecule has 0 spiro atoms. The minimum atomic E-state index is -1.05. The van der Waals surface area contributed by atoms with Crippen molar-refractivity contribution in [1.29, 1.82) is 0 Å². The van der Waals surface area contributed by atoms with E-state index in [1.165, 1.54) is 23.9 Å². The van der Waals surface area contributed by atoms with Crippen LogP contribution in [0.4, 0.5) is 0 Å². The summed E-state index contributed by atoms with van der Waals surface area (Å²) < 4.78 is 5.12. The van der Waals surface area contributed by atoms with E-state index in [9.17, 15) is 15.0 Å². The van der Waals surface area contributed by atoms with Crippen LogP contribution in [0.5, 0.6) is 11.5 Å². The summed E-state index contributed by atoms with van der Waals surface area (Å²) in [6, 6.07) is 13.0. The highest BCUT2D eigenvalue weighted by atomic mass is 32.2. The first-order chi connectivity index (χ1) is 11.0. The quantitative estimate of drug-likeness (QED) is 0.721. The number of nitrogens with two attached hydrogens (primary N) is 1. The van der Waals surface area contributed by atoms with E-state index < -0.39 is 17.3 Å². The lowest BCUT2D eigenvalue weighted by Gasteiger charge is -2.21. The van der Waals surface area contributed by atoms with Gasteiger partial charge in [0.15, 0.2) is 0 Å². The first-order valence-corrected chi connectivity index (χ1v) is 8.08. The lowest BCUT2D eigenvalue weighted by Crippen LogP contribution is -2.35. The molecule has 2 aromatic carbocycles. The number of rotatable bonds is 7. The molecule has 0 aliphatic rings. The van der Waals surface area contributed by atoms with E-state index in [0.29, 0.717) is 5.75 Å². The molecule has 0 fully saturated rings. The van der Waals surface area contributed by atoms with Gasteiger partial charge in [-0.25, -0.2) is 0 Å². The maximum absolute atomic E-state index is 11.3. The number of aromatic hydroxyl groups is 1. The highest BCUT2D eigenvalue weighted by molar-refractivity contribution is 7.98. The van der Waals surface area contributed by atoms with Gasteiger partial charge in [-0.15, -0.1) is 11.8 Å². The molecule has 0 bridgehead atoms. The topological polar surface area (TPSA) is 92.8 Å². The van der Waals surface area contributed by atoms with E-state index in [0.717, 1.165) is 16.9 Å². The molecule has 0 saturated carbocycles. The van der Waals surface area contributed by atoms with E-state index in [1.54, 1.807) is 19.2 Å². The largest absolute Gasteiger partial charge is 0.508 e. The summed E-state index contributed by atoms with van der Waals surface area (Å²) in [5.74, 6) is 0.481. The van der Waals surface area contributed by atoms with Crippen molar-refractivity contribution in [2.75, 3.05) is 7.11 Å². The number of methoxy groups -OCH3 is 1. The Morgan fingerprint density at radius 1 is 1.17 bits per heavy atom. The maximum Gasteiger partial charge on any atom is 0.321 e. The van der Waals surface area contributed by atoms with Crippen LogP contribution in [0, 0.1) is 0 Å². The highest BCUT2D eigenvalue weighted by Crippen LogP contribution is 2.35. The zero-order valence-electron chi connectivity index (χ0n) is 12.7. The highest BCUT2D eigenvalue weighted by Gasteiger charge is 2.26. The molecule has 23 heavy (non-hydrogen) atoms. The Kier molecular flexibility index (Phi) is 5.90. The van der Waals surface area contributed by atoms with Gasteiger partial charge in [-0.3, -0.25) is 4.79 Å². The van der Waals surface area contributed by atoms with Crippen molar-refractivity contribution in [1.82, 2.24) is 0 Å². The Labute approximate surface area is 139 Å². The number of benzene rings is 2. The molecule has 2 aromatic rings. The summed E-state index contributed by atoms with van der Waals surface area (Å²) in [4.78, 5) is 11.3. The fourth-order valence-corrected chi connectivity index (χ4v) is 3.35. The average molecular weight is 333 g/mol. The number of aliphatic carboxylic acids is 1. The Bertz CT molecular complexity index is 643. The summed E-state index contributed by atoms with van der Waals surface area (Å²) in [6.07, 6.45) is 0. The zero-order chi connectivity index (χ0) is 16.8. The monoisotopic (exact) mass is 333 g/mol. The van der Waals surface area contributed by atoms with Gasteiger partial charge in [0, 0.05) is 5.75 Å². The van der Waals surface area contributed by atoms with Crippen molar-refractivity contribution in [3.05, 3.63) is 59.7 Å². The van der Waals surface area contributed by atoms with Gasteiger partial charge in [0.2, 0.25) is 0 Å². The maximum atomic E-state index is 11.3. The van der Waals surface area contributed by atoms with Crippen LogP contribution in [-0.2, 0) is 10.5 Å². The molecule has 5 nitrogen and oxygen atoms in total. The smallest absolute Gasteiger partial charge is 0.321 e. The molecule has 4 N–H and O–H groups in total. The second-order valence-corrected chi connectivity index (χ2v) is 6.17. The molecule has 0 heterocycles. The van der Waals surface area contributed by atoms with E-state index in [2.05, 4.69) is 0 Å². The van der Waals surface area contributed by atoms with E-state index in [-0.39, 0.29) is 5.75 Å². The number of hydrogen-bond donors (Lipinski definition) is 3. The molecule has 0 aromatic heterocycles. The van der Waals surface area contributed by atoms with Crippen molar-refractivity contribution in [2.45, 2.75) is 17.0 Å². The second kappa shape index (κ2) is 7.89. The summed E-state index contributed by atoms with van der Waals surface area (Å²) in [7, 11) is 1.61. The number of carboxylic acids is 1. The third-order valence-corrected chi connectivity index (χ3v) is 4.85. The number of hydrogen-bond acceptors (Lipinski definition) is 5. The van der Waals surface area contributed by atoms with Crippen LogP contribution in [0.15, 0.2) is 48.5 Å². The molecule has 0 radical (unpaired) electrons. The number of phenolic OH excluding ortho intramolecular Hbond substituents is 1. The standard InChI is InChI=1S/C17H19NO4S/c1-22-14-8-2-11(3-9-14)10-23-16(15(18)17(20)21)12-4-6-13(19)7-5-12/h2-9,15-16,19H,10,18H2,1H3,(H,20,21)/t15-,16+/m0/s1. The number of carboxylic acid groups (broad SMARTS) is 1. The van der Waals surface area contributed by atoms with Gasteiger partial charge >= 0.3 is 5.97 Å². The molecular formula is C17H19NO4S. The van der Waals surface area contributed by atoms with Crippen LogP contribution in [0.3, 0.4) is 0 Å². The van der Waals surface area contributed by atoms with Gasteiger partial charge in [0.25, 0.3) is 0 Å². The molecule has 0 amide bonds. The summed E-state index contributed by atoms with van der Waals surface area (Å²) in [6.45, 7) is 0. The van der Waals surface area contributed by atoms with E-state index in [1.807, 2.05) is 24.3 Å². The van der Waals surface area contributed by atoms with Crippen molar-refractivity contribution in [3.63, 3.8) is 0 Å². The lowest BCUT2D eigenvalue weighted by molar-refractivity contribution is -0.138. The fraction of sp³-hybridized carbons (Fsp3) is 0.235. The molecule has 6 heteroatoms. The zero-order valence-corrected chi connectivity index (χ0v) is 13.5. The Morgan fingerprint density at radius 2 is 1.78 bits per heavy atom. The van der Waals surface area contributed by atoms with Crippen molar-refractivity contribution < 1.29 is 19.7 Å². The number of ether oxygens (including phenoxy) is 1. The Balaban J connectivity index is 2.13. The van der Waals surface area contributed by atoms with Crippen LogP contribution in [0.1, 0.15) is 16.4 Å². The molecule has 2 rings (SSSR count). The van der Waals surface area contributed by atoms with Crippen molar-refractivity contribution in [3.8, 4) is 11.5 Å². The molecule has 0 aliphatic heterocycles. The third-order valence-electron chi connectivity index (χ3n) is 3.42. The van der Waals surface area contributed by atoms with E-state index >= 15 is 0 Å². The predicted molar refractivity (Wildman–Crippen MR) is 90.7 cm³/mol. The first-order valence-electron chi connectivity index (χ1n) is 7.03. The van der Waals surface area contributed by atoms with Crippen LogP contribution in [0.2, 0.25) is 0 Å². The van der Waals surface area contributed by atoms with Crippen molar-refractivity contribution in [2.24, 2.45) is 5.73 Å². The van der Waals surface area contributed by atoms with Gasteiger partial charge < -0.3 is 20.7 Å². The van der Waals surface area contributed by atoms with Crippen molar-refractivity contribution >= 4 is 17.7 Å². The summed E-state index contributed by atoms with van der Waals surface area (Å²) in [5.41, 5.74) is 7.66. The predicted octanol–water partition coefficient (Wildman–Crippen LogP) is 2.79. The van der Waals surface area contributed by atoms with Crippen LogP contribution in [-0.4, -0.2) is 29.3 Å². The average Bonchev–Trinajstić information content (AvgIpc) is 2.56. The first kappa shape index (κ1) is 17.2. The number of phenols is 1. The van der Waals surface area contributed by atoms with Crippen LogP contribution in [0.25, 0.3) is 0 Å². The van der Waals surface area contributed by atoms with Gasteiger partial charge in [-0.05, 0) is 35.4 Å². The fourth-order valence-electron chi connectivity index (χ4n) is 2.11. The normalized spacial score (nSPS) is 13.3. The minimum absolute atomic E-state index is 0.136. The molecule has 122 valence electrons. The van der Waals surface area contributed by atoms with Gasteiger partial charge in [0.05, 0.1) is 12.4 Å². The molecule has 2 atom stereocenters. The molecular weight excluding hydrogens is 314 g/mol. The van der Waals surface area contributed by atoms with Crippen LogP contribution < -0.4 is 10.5 Å². The lowest BCUT2D eigenvalue weighted by atomic mass is 10.1.